The normalized spacial score (nSPS) is 17.5. The lowest BCUT2D eigenvalue weighted by atomic mass is 9.79. The molecule has 33 heavy (non-hydrogen) atoms. The average Bonchev–Trinajstić information content (AvgIpc) is 2.87. The van der Waals surface area contributed by atoms with Crippen LogP contribution in [0.25, 0.3) is 0 Å². The summed E-state index contributed by atoms with van der Waals surface area (Å²) in [7, 11) is 3.29. The van der Waals surface area contributed by atoms with Crippen molar-refractivity contribution in [3.05, 3.63) is 53.6 Å². The third-order valence-electron chi connectivity index (χ3n) is 6.28. The van der Waals surface area contributed by atoms with Gasteiger partial charge in [0.25, 0.3) is 0 Å². The van der Waals surface area contributed by atoms with E-state index in [2.05, 4.69) is 31.2 Å². The van der Waals surface area contributed by atoms with Crippen molar-refractivity contribution in [2.75, 3.05) is 27.4 Å². The largest absolute Gasteiger partial charge is 0.497 e. The summed E-state index contributed by atoms with van der Waals surface area (Å²) >= 11 is 0. The van der Waals surface area contributed by atoms with Gasteiger partial charge in [-0.2, -0.15) is 0 Å². The molecule has 5 heteroatoms. The Bertz CT molecular complexity index is 798. The van der Waals surface area contributed by atoms with Crippen LogP contribution in [-0.4, -0.2) is 33.7 Å². The van der Waals surface area contributed by atoms with Gasteiger partial charge in [0, 0.05) is 5.56 Å². The third-order valence-corrected chi connectivity index (χ3v) is 6.28. The molecule has 0 heterocycles. The number of ether oxygens (including phenoxy) is 3. The van der Waals surface area contributed by atoms with E-state index in [1.165, 1.54) is 31.2 Å². The maximum absolute atomic E-state index is 10.6. The lowest BCUT2D eigenvalue weighted by Crippen LogP contribution is -2.10. The van der Waals surface area contributed by atoms with E-state index >= 15 is 0 Å². The number of aldehydes is 1. The molecular weight excluding hydrogens is 414 g/mol. The van der Waals surface area contributed by atoms with Crippen LogP contribution < -0.4 is 19.9 Å². The van der Waals surface area contributed by atoms with E-state index in [-0.39, 0.29) is 0 Å². The Hall–Kier alpha value is -2.53. The molecule has 0 spiro atoms. The highest BCUT2D eigenvalue weighted by Crippen LogP contribution is 2.35. The molecule has 0 amide bonds. The van der Waals surface area contributed by atoms with Crippen molar-refractivity contribution in [1.82, 2.24) is 0 Å². The van der Waals surface area contributed by atoms with E-state index in [4.69, 9.17) is 19.9 Å². The maximum atomic E-state index is 10.6. The number of hydrogen-bond donors (Lipinski definition) is 1. The Kier molecular flexibility index (Phi) is 12.4. The summed E-state index contributed by atoms with van der Waals surface area (Å²) in [6.45, 7) is 3.77. The maximum Gasteiger partial charge on any atom is 0.161 e. The van der Waals surface area contributed by atoms with E-state index in [9.17, 15) is 4.79 Å². The lowest BCUT2D eigenvalue weighted by Gasteiger charge is -2.26. The van der Waals surface area contributed by atoms with E-state index in [1.807, 2.05) is 0 Å². The first-order valence-electron chi connectivity index (χ1n) is 12.2. The smallest absolute Gasteiger partial charge is 0.161 e. The topological polar surface area (TPSA) is 70.8 Å². The second kappa shape index (κ2) is 15.3. The number of hydrogen-bond acceptors (Lipinski definition) is 5. The molecule has 0 aliphatic heterocycles. The van der Waals surface area contributed by atoms with Crippen LogP contribution in [0.2, 0.25) is 0 Å². The minimum absolute atomic E-state index is 0.585. The number of rotatable bonds is 11. The quantitative estimate of drug-likeness (QED) is 0.314. The Morgan fingerprint density at radius 1 is 0.879 bits per heavy atom. The number of carbonyl (C=O) groups excluding carboxylic acids is 1. The minimum atomic E-state index is 0.585. The number of carbonyl (C=O) groups is 1. The molecule has 0 saturated heterocycles. The summed E-state index contributed by atoms with van der Waals surface area (Å²) in [6.07, 6.45) is 10.6. The Morgan fingerprint density at radius 3 is 2.18 bits per heavy atom. The van der Waals surface area contributed by atoms with Crippen molar-refractivity contribution in [1.29, 1.82) is 0 Å². The van der Waals surface area contributed by atoms with Crippen molar-refractivity contribution < 1.29 is 19.0 Å². The van der Waals surface area contributed by atoms with Gasteiger partial charge in [-0.3, -0.25) is 4.79 Å². The van der Waals surface area contributed by atoms with Crippen LogP contribution in [0.5, 0.6) is 17.2 Å². The molecule has 2 N–H and O–H groups in total. The van der Waals surface area contributed by atoms with Crippen LogP contribution in [-0.2, 0) is 0 Å². The fourth-order valence-corrected chi connectivity index (χ4v) is 4.13. The zero-order chi connectivity index (χ0) is 23.9. The Morgan fingerprint density at radius 2 is 1.58 bits per heavy atom. The van der Waals surface area contributed by atoms with E-state index in [0.29, 0.717) is 23.7 Å². The molecule has 0 atom stereocenters. The molecule has 182 valence electrons. The Balaban J connectivity index is 0.000000237. The number of benzene rings is 2. The van der Waals surface area contributed by atoms with Gasteiger partial charge in [0.15, 0.2) is 11.5 Å². The zero-order valence-electron chi connectivity index (χ0n) is 20.6. The summed E-state index contributed by atoms with van der Waals surface area (Å²) in [5.74, 6) is 3.96. The molecular formula is C28H41NO4. The number of methoxy groups -OCH3 is 2. The zero-order valence-corrected chi connectivity index (χ0v) is 20.6. The standard InChI is InChI=1S/C14H21NO3.C14H20O/c1-17-14-10-12(11-16)6-7-13(14)18-9-5-3-2-4-8-15;1-11-3-5-12(6-4-11)13-7-9-14(15-2)10-8-13/h6-7,10-11H,2-5,8-9,15H2,1H3;7-12H,3-6H2,1-2H3. The van der Waals surface area contributed by atoms with Crippen molar-refractivity contribution in [2.24, 2.45) is 11.7 Å². The van der Waals surface area contributed by atoms with Gasteiger partial charge in [-0.25, -0.2) is 0 Å². The first kappa shape index (κ1) is 26.7. The molecule has 1 aliphatic rings. The molecule has 1 aliphatic carbocycles. The monoisotopic (exact) mass is 455 g/mol. The van der Waals surface area contributed by atoms with E-state index < -0.39 is 0 Å². The summed E-state index contributed by atoms with van der Waals surface area (Å²) in [4.78, 5) is 10.6. The van der Waals surface area contributed by atoms with E-state index in [1.54, 1.807) is 32.4 Å². The van der Waals surface area contributed by atoms with Crippen LogP contribution in [0.15, 0.2) is 42.5 Å². The van der Waals surface area contributed by atoms with Crippen LogP contribution in [0.4, 0.5) is 0 Å². The molecule has 0 radical (unpaired) electrons. The molecule has 1 fully saturated rings. The number of nitrogens with two attached hydrogens (primary N) is 1. The molecule has 3 rings (SSSR count). The first-order valence-corrected chi connectivity index (χ1v) is 12.2. The van der Waals surface area contributed by atoms with Crippen LogP contribution in [0.1, 0.15) is 80.1 Å². The highest BCUT2D eigenvalue weighted by atomic mass is 16.5. The van der Waals surface area contributed by atoms with Crippen molar-refractivity contribution in [3.8, 4) is 17.2 Å². The second-order valence-corrected chi connectivity index (χ2v) is 8.81. The minimum Gasteiger partial charge on any atom is -0.497 e. The van der Waals surface area contributed by atoms with Gasteiger partial charge >= 0.3 is 0 Å². The van der Waals surface area contributed by atoms with Gasteiger partial charge < -0.3 is 19.9 Å². The molecule has 1 saturated carbocycles. The van der Waals surface area contributed by atoms with Gasteiger partial charge in [-0.1, -0.05) is 44.7 Å². The van der Waals surface area contributed by atoms with Crippen molar-refractivity contribution in [3.63, 3.8) is 0 Å². The Labute approximate surface area is 199 Å². The first-order chi connectivity index (χ1) is 16.1. The van der Waals surface area contributed by atoms with Gasteiger partial charge in [-0.05, 0) is 80.0 Å². The second-order valence-electron chi connectivity index (χ2n) is 8.81. The van der Waals surface area contributed by atoms with Crippen molar-refractivity contribution >= 4 is 6.29 Å². The number of unbranched alkanes of at least 4 members (excludes halogenated alkanes) is 3. The SMILES string of the molecule is COc1cc(C=O)ccc1OCCCCCCN.COc1ccc(C2CCC(C)CC2)cc1. The highest BCUT2D eigenvalue weighted by molar-refractivity contribution is 5.76. The van der Waals surface area contributed by atoms with Gasteiger partial charge in [-0.15, -0.1) is 0 Å². The predicted molar refractivity (Wildman–Crippen MR) is 135 cm³/mol. The third kappa shape index (κ3) is 9.47. The van der Waals surface area contributed by atoms with Gasteiger partial charge in [0.2, 0.25) is 0 Å². The lowest BCUT2D eigenvalue weighted by molar-refractivity contribution is 0.112. The van der Waals surface area contributed by atoms with Crippen LogP contribution in [0, 0.1) is 5.92 Å². The fraction of sp³-hybridized carbons (Fsp3) is 0.536. The molecule has 0 bridgehead atoms. The molecule has 2 aromatic rings. The van der Waals surface area contributed by atoms with Crippen molar-refractivity contribution in [2.45, 2.75) is 64.2 Å². The van der Waals surface area contributed by atoms with E-state index in [0.717, 1.165) is 56.1 Å². The average molecular weight is 456 g/mol. The van der Waals surface area contributed by atoms with Gasteiger partial charge in [0.1, 0.15) is 12.0 Å². The molecule has 0 unspecified atom stereocenters. The van der Waals surface area contributed by atoms with Crippen LogP contribution >= 0.6 is 0 Å². The molecule has 2 aromatic carbocycles. The van der Waals surface area contributed by atoms with Gasteiger partial charge in [0.05, 0.1) is 20.8 Å². The molecule has 5 nitrogen and oxygen atoms in total. The summed E-state index contributed by atoms with van der Waals surface area (Å²) in [5, 5.41) is 0. The fourth-order valence-electron chi connectivity index (χ4n) is 4.13. The summed E-state index contributed by atoms with van der Waals surface area (Å²) < 4.78 is 16.0. The summed E-state index contributed by atoms with van der Waals surface area (Å²) in [5.41, 5.74) is 7.50. The highest BCUT2D eigenvalue weighted by Gasteiger charge is 2.19. The summed E-state index contributed by atoms with van der Waals surface area (Å²) in [6, 6.07) is 13.8. The predicted octanol–water partition coefficient (Wildman–Crippen LogP) is 6.39. The van der Waals surface area contributed by atoms with Crippen LogP contribution in [0.3, 0.4) is 0 Å². The molecule has 0 aromatic heterocycles.